The van der Waals surface area contributed by atoms with Crippen molar-refractivity contribution in [1.29, 1.82) is 0 Å². The van der Waals surface area contributed by atoms with Gasteiger partial charge in [-0.25, -0.2) is 4.98 Å². The normalized spacial score (nSPS) is 10.6. The summed E-state index contributed by atoms with van der Waals surface area (Å²) in [5.74, 6) is 0.483. The Kier molecular flexibility index (Phi) is 4.76. The van der Waals surface area contributed by atoms with Crippen molar-refractivity contribution in [2.45, 2.75) is 19.0 Å². The van der Waals surface area contributed by atoms with Gasteiger partial charge in [0.25, 0.3) is 5.56 Å². The Morgan fingerprint density at radius 3 is 2.74 bits per heavy atom. The van der Waals surface area contributed by atoms with E-state index in [4.69, 9.17) is 4.74 Å². The minimum Gasteiger partial charge on any atom is -0.371 e. The van der Waals surface area contributed by atoms with E-state index in [1.807, 2.05) is 37.3 Å². The van der Waals surface area contributed by atoms with Gasteiger partial charge in [-0.3, -0.25) is 4.79 Å². The van der Waals surface area contributed by atoms with Crippen LogP contribution in [0.15, 0.2) is 40.3 Å². The first-order valence-corrected chi connectivity index (χ1v) is 7.07. The lowest BCUT2D eigenvalue weighted by Gasteiger charge is -2.07. The maximum absolute atomic E-state index is 11.9. The number of aromatic nitrogens is 2. The van der Waals surface area contributed by atoms with E-state index in [2.05, 4.69) is 9.97 Å². The second-order valence-corrected chi connectivity index (χ2v) is 4.88. The molecule has 0 aliphatic rings. The number of nitrogens with zero attached hydrogens (tertiary/aromatic N) is 1. The van der Waals surface area contributed by atoms with Gasteiger partial charge < -0.3 is 9.72 Å². The van der Waals surface area contributed by atoms with Gasteiger partial charge in [-0.1, -0.05) is 42.1 Å². The van der Waals surface area contributed by atoms with Crippen LogP contribution in [0.3, 0.4) is 0 Å². The molecule has 5 heteroatoms. The van der Waals surface area contributed by atoms with Crippen molar-refractivity contribution in [3.8, 4) is 11.3 Å². The molecule has 0 fully saturated rings. The van der Waals surface area contributed by atoms with Crippen LogP contribution >= 0.6 is 11.8 Å². The number of ether oxygens (including phenoxy) is 1. The molecule has 1 N–H and O–H groups in total. The van der Waals surface area contributed by atoms with Crippen LogP contribution < -0.4 is 5.56 Å². The SMILES string of the molecule is CCOCSc1nc(-c2ccccc2)c(C)c(=O)[nH]1. The Balaban J connectivity index is 2.35. The third-order valence-electron chi connectivity index (χ3n) is 2.66. The highest BCUT2D eigenvalue weighted by atomic mass is 32.2. The van der Waals surface area contributed by atoms with Crippen molar-refractivity contribution in [3.63, 3.8) is 0 Å². The highest BCUT2D eigenvalue weighted by Crippen LogP contribution is 2.21. The van der Waals surface area contributed by atoms with Gasteiger partial charge in [0.15, 0.2) is 5.16 Å². The number of H-pyrrole nitrogens is 1. The molecular weight excluding hydrogens is 260 g/mol. The predicted octanol–water partition coefficient (Wildman–Crippen LogP) is 2.83. The summed E-state index contributed by atoms with van der Waals surface area (Å²) in [5, 5.41) is 0.586. The van der Waals surface area contributed by atoms with E-state index in [0.29, 0.717) is 23.3 Å². The van der Waals surface area contributed by atoms with Gasteiger partial charge in [0, 0.05) is 17.7 Å². The minimum absolute atomic E-state index is 0.104. The van der Waals surface area contributed by atoms with Crippen molar-refractivity contribution in [2.75, 3.05) is 12.5 Å². The first kappa shape index (κ1) is 13.8. The average Bonchev–Trinajstić information content (AvgIpc) is 2.44. The van der Waals surface area contributed by atoms with Crippen molar-refractivity contribution in [2.24, 2.45) is 0 Å². The molecule has 1 aromatic carbocycles. The maximum Gasteiger partial charge on any atom is 0.255 e. The number of thioether (sulfide) groups is 1. The predicted molar refractivity (Wildman–Crippen MR) is 77.4 cm³/mol. The van der Waals surface area contributed by atoms with Gasteiger partial charge in [0.2, 0.25) is 0 Å². The summed E-state index contributed by atoms with van der Waals surface area (Å²) in [6.45, 7) is 4.36. The first-order valence-electron chi connectivity index (χ1n) is 6.09. The van der Waals surface area contributed by atoms with Crippen LogP contribution in [-0.4, -0.2) is 22.5 Å². The fraction of sp³-hybridized carbons (Fsp3) is 0.286. The van der Waals surface area contributed by atoms with Crippen LogP contribution in [0.2, 0.25) is 0 Å². The van der Waals surface area contributed by atoms with E-state index in [1.165, 1.54) is 11.8 Å². The van der Waals surface area contributed by atoms with Crippen molar-refractivity contribution >= 4 is 11.8 Å². The summed E-state index contributed by atoms with van der Waals surface area (Å²) < 4.78 is 5.25. The van der Waals surface area contributed by atoms with Crippen LogP contribution in [0.4, 0.5) is 0 Å². The number of hydrogen-bond donors (Lipinski definition) is 1. The fourth-order valence-electron chi connectivity index (χ4n) is 1.64. The molecule has 19 heavy (non-hydrogen) atoms. The molecule has 2 rings (SSSR count). The topological polar surface area (TPSA) is 55.0 Å². The van der Waals surface area contributed by atoms with Gasteiger partial charge in [-0.15, -0.1) is 0 Å². The highest BCUT2D eigenvalue weighted by molar-refractivity contribution is 7.99. The Hall–Kier alpha value is -1.59. The quantitative estimate of drug-likeness (QED) is 0.395. The van der Waals surface area contributed by atoms with Crippen LogP contribution in [0.5, 0.6) is 0 Å². The monoisotopic (exact) mass is 276 g/mol. The second kappa shape index (κ2) is 6.54. The molecule has 0 bridgehead atoms. The molecule has 100 valence electrons. The van der Waals surface area contributed by atoms with Crippen molar-refractivity contribution < 1.29 is 4.74 Å². The number of benzene rings is 1. The van der Waals surface area contributed by atoms with E-state index in [-0.39, 0.29) is 5.56 Å². The van der Waals surface area contributed by atoms with E-state index >= 15 is 0 Å². The molecule has 0 radical (unpaired) electrons. The van der Waals surface area contributed by atoms with Gasteiger partial charge in [0.05, 0.1) is 11.6 Å². The van der Waals surface area contributed by atoms with Crippen molar-refractivity contribution in [1.82, 2.24) is 9.97 Å². The number of hydrogen-bond acceptors (Lipinski definition) is 4. The van der Waals surface area contributed by atoms with E-state index < -0.39 is 0 Å². The zero-order valence-electron chi connectivity index (χ0n) is 11.0. The summed E-state index contributed by atoms with van der Waals surface area (Å²) in [6, 6.07) is 9.71. The number of nitrogens with one attached hydrogen (secondary N) is 1. The Labute approximate surface area is 116 Å². The standard InChI is InChI=1S/C14H16N2O2S/c1-3-18-9-19-14-15-12(10(2)13(17)16-14)11-7-5-4-6-8-11/h4-8H,3,9H2,1-2H3,(H,15,16,17). The molecule has 0 spiro atoms. The Morgan fingerprint density at radius 2 is 2.05 bits per heavy atom. The minimum atomic E-state index is -0.104. The molecule has 0 aliphatic carbocycles. The third-order valence-corrected chi connectivity index (χ3v) is 3.41. The van der Waals surface area contributed by atoms with Crippen LogP contribution in [0.1, 0.15) is 12.5 Å². The van der Waals surface area contributed by atoms with Crippen LogP contribution in [-0.2, 0) is 4.74 Å². The van der Waals surface area contributed by atoms with Crippen LogP contribution in [0.25, 0.3) is 11.3 Å². The highest BCUT2D eigenvalue weighted by Gasteiger charge is 2.09. The summed E-state index contributed by atoms with van der Waals surface area (Å²) in [7, 11) is 0. The Bertz CT molecular complexity index is 596. The van der Waals surface area contributed by atoms with Crippen molar-refractivity contribution in [3.05, 3.63) is 46.2 Å². The molecule has 0 saturated heterocycles. The lowest BCUT2D eigenvalue weighted by atomic mass is 10.1. The first-order chi connectivity index (χ1) is 9.22. The molecule has 0 aliphatic heterocycles. The van der Waals surface area contributed by atoms with Gasteiger partial charge in [-0.2, -0.15) is 0 Å². The van der Waals surface area contributed by atoms with Gasteiger partial charge in [0.1, 0.15) is 0 Å². The van der Waals surface area contributed by atoms with E-state index in [9.17, 15) is 4.79 Å². The second-order valence-electron chi connectivity index (χ2n) is 3.97. The van der Waals surface area contributed by atoms with E-state index in [0.717, 1.165) is 11.3 Å². The largest absolute Gasteiger partial charge is 0.371 e. The molecule has 4 nitrogen and oxygen atoms in total. The molecule has 0 atom stereocenters. The number of rotatable bonds is 5. The summed E-state index contributed by atoms with van der Waals surface area (Å²) in [4.78, 5) is 19.2. The molecule has 0 amide bonds. The zero-order valence-corrected chi connectivity index (χ0v) is 11.8. The lowest BCUT2D eigenvalue weighted by molar-refractivity contribution is 0.199. The molecule has 0 saturated carbocycles. The summed E-state index contributed by atoms with van der Waals surface area (Å²) >= 11 is 1.39. The lowest BCUT2D eigenvalue weighted by Crippen LogP contribution is -2.14. The average molecular weight is 276 g/mol. The summed E-state index contributed by atoms with van der Waals surface area (Å²) in [5.41, 5.74) is 2.20. The molecular formula is C14H16N2O2S. The molecule has 0 unspecified atom stereocenters. The maximum atomic E-state index is 11.9. The smallest absolute Gasteiger partial charge is 0.255 e. The van der Waals surface area contributed by atoms with Gasteiger partial charge >= 0.3 is 0 Å². The van der Waals surface area contributed by atoms with Gasteiger partial charge in [-0.05, 0) is 13.8 Å². The molecule has 2 aromatic rings. The van der Waals surface area contributed by atoms with Crippen LogP contribution in [0, 0.1) is 6.92 Å². The number of aromatic amines is 1. The molecule has 1 heterocycles. The van der Waals surface area contributed by atoms with E-state index in [1.54, 1.807) is 6.92 Å². The summed E-state index contributed by atoms with van der Waals surface area (Å²) in [6.07, 6.45) is 0. The third kappa shape index (κ3) is 3.45. The fourth-order valence-corrected chi connectivity index (χ4v) is 2.32. The zero-order chi connectivity index (χ0) is 13.7. The molecule has 1 aromatic heterocycles. The Morgan fingerprint density at radius 1 is 1.32 bits per heavy atom.